The predicted octanol–water partition coefficient (Wildman–Crippen LogP) is 3.08. The second-order valence-corrected chi connectivity index (χ2v) is 3.41. The predicted molar refractivity (Wildman–Crippen MR) is 65.2 cm³/mol. The summed E-state index contributed by atoms with van der Waals surface area (Å²) in [6.45, 7) is 7.42. The monoisotopic (exact) mass is 216 g/mol. The van der Waals surface area contributed by atoms with Crippen LogP contribution in [0.2, 0.25) is 0 Å². The third kappa shape index (κ3) is 3.39. The molecule has 2 nitrogen and oxygen atoms in total. The van der Waals surface area contributed by atoms with Crippen molar-refractivity contribution in [1.82, 2.24) is 0 Å². The zero-order valence-electron chi connectivity index (χ0n) is 9.26. The third-order valence-corrected chi connectivity index (χ3v) is 2.23. The van der Waals surface area contributed by atoms with E-state index in [1.165, 1.54) is 0 Å². The molecule has 0 spiro atoms. The van der Waals surface area contributed by atoms with E-state index in [9.17, 15) is 4.79 Å². The first-order valence-electron chi connectivity index (χ1n) is 5.23. The average molecular weight is 216 g/mol. The van der Waals surface area contributed by atoms with Gasteiger partial charge >= 0.3 is 5.97 Å². The first-order chi connectivity index (χ1) is 7.79. The van der Waals surface area contributed by atoms with Gasteiger partial charge in [-0.25, -0.2) is 0 Å². The number of hydrogen-bond acceptors (Lipinski definition) is 2. The van der Waals surface area contributed by atoms with Crippen molar-refractivity contribution in [2.45, 2.75) is 12.3 Å². The molecule has 0 aliphatic heterocycles. The molecule has 0 saturated heterocycles. The fourth-order valence-corrected chi connectivity index (χ4v) is 1.46. The van der Waals surface area contributed by atoms with Crippen molar-refractivity contribution in [2.75, 3.05) is 6.61 Å². The van der Waals surface area contributed by atoms with E-state index in [2.05, 4.69) is 13.2 Å². The van der Waals surface area contributed by atoms with E-state index in [1.807, 2.05) is 30.3 Å². The largest absolute Gasteiger partial charge is 0.461 e. The number of ether oxygens (including phenoxy) is 1. The van der Waals surface area contributed by atoms with E-state index in [0.717, 1.165) is 5.56 Å². The molecule has 16 heavy (non-hydrogen) atoms. The summed E-state index contributed by atoms with van der Waals surface area (Å²) < 4.78 is 5.06. The Labute approximate surface area is 96.2 Å². The molecule has 0 aliphatic carbocycles. The molecule has 0 radical (unpaired) electrons. The maximum Gasteiger partial charge on any atom is 0.314 e. The molecule has 0 saturated carbocycles. The van der Waals surface area contributed by atoms with Crippen LogP contribution < -0.4 is 0 Å². The maximum absolute atomic E-state index is 11.8. The van der Waals surface area contributed by atoms with Gasteiger partial charge in [0.25, 0.3) is 0 Å². The average Bonchev–Trinajstić information content (AvgIpc) is 2.34. The van der Waals surface area contributed by atoms with Crippen molar-refractivity contribution in [1.29, 1.82) is 0 Å². The van der Waals surface area contributed by atoms with Crippen molar-refractivity contribution in [3.63, 3.8) is 0 Å². The van der Waals surface area contributed by atoms with Gasteiger partial charge in [0.05, 0.1) is 5.92 Å². The van der Waals surface area contributed by atoms with E-state index in [-0.39, 0.29) is 18.5 Å². The molecule has 1 aromatic carbocycles. The van der Waals surface area contributed by atoms with Crippen LogP contribution in [0.1, 0.15) is 17.9 Å². The van der Waals surface area contributed by atoms with Crippen LogP contribution >= 0.6 is 0 Å². The van der Waals surface area contributed by atoms with E-state index in [0.29, 0.717) is 6.42 Å². The molecule has 0 N–H and O–H groups in total. The molecular formula is C14H16O2. The van der Waals surface area contributed by atoms with Crippen molar-refractivity contribution >= 4 is 5.97 Å². The van der Waals surface area contributed by atoms with Gasteiger partial charge in [0.15, 0.2) is 0 Å². The summed E-state index contributed by atoms with van der Waals surface area (Å²) in [6.07, 6.45) is 3.88. The number of esters is 1. The molecule has 84 valence electrons. The van der Waals surface area contributed by atoms with Gasteiger partial charge in [-0.05, 0) is 12.0 Å². The van der Waals surface area contributed by atoms with Gasteiger partial charge in [0, 0.05) is 0 Å². The lowest BCUT2D eigenvalue weighted by Crippen LogP contribution is -2.15. The minimum absolute atomic E-state index is 0.231. The number of rotatable bonds is 6. The number of carbonyl (C=O) groups is 1. The highest BCUT2D eigenvalue weighted by Gasteiger charge is 2.19. The fourth-order valence-electron chi connectivity index (χ4n) is 1.46. The second-order valence-electron chi connectivity index (χ2n) is 3.41. The fraction of sp³-hybridized carbons (Fsp3) is 0.214. The molecular weight excluding hydrogens is 200 g/mol. The maximum atomic E-state index is 11.8. The molecule has 1 rings (SSSR count). The summed E-state index contributed by atoms with van der Waals surface area (Å²) >= 11 is 0. The van der Waals surface area contributed by atoms with Crippen LogP contribution in [-0.2, 0) is 9.53 Å². The topological polar surface area (TPSA) is 26.3 Å². The Hall–Kier alpha value is -1.83. The van der Waals surface area contributed by atoms with E-state index in [4.69, 9.17) is 4.74 Å². The first-order valence-corrected chi connectivity index (χ1v) is 5.23. The Bertz CT molecular complexity index is 354. The Balaban J connectivity index is 2.78. The Kier molecular flexibility index (Phi) is 5.06. The number of allylic oxidation sites excluding steroid dienone is 1. The van der Waals surface area contributed by atoms with Crippen LogP contribution in [-0.4, -0.2) is 12.6 Å². The van der Waals surface area contributed by atoms with E-state index < -0.39 is 0 Å². The molecule has 1 atom stereocenters. The van der Waals surface area contributed by atoms with Crippen LogP contribution in [0.4, 0.5) is 0 Å². The molecule has 0 aromatic heterocycles. The van der Waals surface area contributed by atoms with Crippen molar-refractivity contribution in [2.24, 2.45) is 0 Å². The minimum atomic E-state index is -0.265. The summed E-state index contributed by atoms with van der Waals surface area (Å²) in [5.74, 6) is -0.496. The van der Waals surface area contributed by atoms with Gasteiger partial charge < -0.3 is 4.74 Å². The van der Waals surface area contributed by atoms with E-state index in [1.54, 1.807) is 12.2 Å². The smallest absolute Gasteiger partial charge is 0.314 e. The molecule has 0 bridgehead atoms. The second kappa shape index (κ2) is 6.62. The van der Waals surface area contributed by atoms with Gasteiger partial charge in [-0.15, -0.1) is 6.58 Å². The van der Waals surface area contributed by atoms with Gasteiger partial charge in [0.1, 0.15) is 6.61 Å². The standard InChI is InChI=1S/C14H16O2/c1-3-8-13(14(15)16-11-4-2)12-9-6-5-7-10-12/h3-7,9-10,13H,1-2,8,11H2. The molecule has 1 aromatic rings. The minimum Gasteiger partial charge on any atom is -0.461 e. The molecule has 0 aliphatic rings. The lowest BCUT2D eigenvalue weighted by molar-refractivity contribution is -0.144. The quantitative estimate of drug-likeness (QED) is 0.539. The molecule has 0 heterocycles. The number of benzene rings is 1. The van der Waals surface area contributed by atoms with Crippen molar-refractivity contribution in [3.8, 4) is 0 Å². The lowest BCUT2D eigenvalue weighted by atomic mass is 9.96. The van der Waals surface area contributed by atoms with Crippen LogP contribution in [0.25, 0.3) is 0 Å². The zero-order chi connectivity index (χ0) is 11.8. The van der Waals surface area contributed by atoms with Crippen LogP contribution in [0, 0.1) is 0 Å². The van der Waals surface area contributed by atoms with Crippen molar-refractivity contribution in [3.05, 3.63) is 61.2 Å². The van der Waals surface area contributed by atoms with E-state index >= 15 is 0 Å². The molecule has 1 unspecified atom stereocenters. The summed E-state index contributed by atoms with van der Waals surface area (Å²) in [7, 11) is 0. The normalized spacial score (nSPS) is 11.5. The third-order valence-electron chi connectivity index (χ3n) is 2.23. The van der Waals surface area contributed by atoms with Gasteiger partial charge in [0.2, 0.25) is 0 Å². The summed E-state index contributed by atoms with van der Waals surface area (Å²) in [4.78, 5) is 11.8. The van der Waals surface area contributed by atoms with Crippen LogP contribution in [0.15, 0.2) is 55.6 Å². The van der Waals surface area contributed by atoms with Gasteiger partial charge in [-0.1, -0.05) is 49.1 Å². The van der Waals surface area contributed by atoms with Crippen LogP contribution in [0.3, 0.4) is 0 Å². The van der Waals surface area contributed by atoms with Gasteiger partial charge in [-0.3, -0.25) is 4.79 Å². The Morgan fingerprint density at radius 3 is 2.50 bits per heavy atom. The molecule has 2 heteroatoms. The molecule has 0 fully saturated rings. The first kappa shape index (κ1) is 12.2. The number of carbonyl (C=O) groups excluding carboxylic acids is 1. The van der Waals surface area contributed by atoms with Crippen LogP contribution in [0.5, 0.6) is 0 Å². The Morgan fingerprint density at radius 1 is 1.25 bits per heavy atom. The zero-order valence-corrected chi connectivity index (χ0v) is 9.26. The lowest BCUT2D eigenvalue weighted by Gasteiger charge is -2.13. The molecule has 0 amide bonds. The van der Waals surface area contributed by atoms with Crippen molar-refractivity contribution < 1.29 is 9.53 Å². The SMILES string of the molecule is C=CCOC(=O)C(CC=C)c1ccccc1. The summed E-state index contributed by atoms with van der Waals surface area (Å²) in [5, 5.41) is 0. The summed E-state index contributed by atoms with van der Waals surface area (Å²) in [6, 6.07) is 9.58. The van der Waals surface area contributed by atoms with Gasteiger partial charge in [-0.2, -0.15) is 0 Å². The Morgan fingerprint density at radius 2 is 1.94 bits per heavy atom. The highest BCUT2D eigenvalue weighted by molar-refractivity contribution is 5.78. The highest BCUT2D eigenvalue weighted by Crippen LogP contribution is 2.21. The summed E-state index contributed by atoms with van der Waals surface area (Å²) in [5.41, 5.74) is 0.955. The highest BCUT2D eigenvalue weighted by atomic mass is 16.5. The number of hydrogen-bond donors (Lipinski definition) is 0.